The number of rotatable bonds is 4. The molecule has 4 fully saturated rings. The zero-order valence-electron chi connectivity index (χ0n) is 29.0. The minimum Gasteiger partial charge on any atom is -0.462 e. The molecule has 46 heavy (non-hydrogen) atoms. The molecule has 0 unspecified atom stereocenters. The number of ketones is 1. The SMILES string of the molecule is CC(=O)O[C@@H]1CC[C@@]2(C)[C@H](CC[C@]3(C)[C@@H]2C(=O)C=C2[C@H]4C[C@@](C)(C(=O)Nc5ccc([N+](=O)[O-])cc5)CC[C@]4(C)CC[C@@]23C)C1(C)C. The van der Waals surface area contributed by atoms with Crippen LogP contribution in [0.4, 0.5) is 11.4 Å². The maximum Gasteiger partial charge on any atom is 0.302 e. The van der Waals surface area contributed by atoms with E-state index in [1.807, 2.05) is 13.0 Å². The summed E-state index contributed by atoms with van der Waals surface area (Å²) in [6.07, 6.45) is 9.95. The van der Waals surface area contributed by atoms with Crippen LogP contribution < -0.4 is 5.32 Å². The molecule has 5 aliphatic rings. The minimum atomic E-state index is -0.630. The number of nitro benzene ring substituents is 1. The Kier molecular flexibility index (Phi) is 7.50. The van der Waals surface area contributed by atoms with Crippen LogP contribution in [0.15, 0.2) is 35.9 Å². The van der Waals surface area contributed by atoms with E-state index in [2.05, 4.69) is 46.9 Å². The molecule has 0 aliphatic heterocycles. The van der Waals surface area contributed by atoms with Gasteiger partial charge in [0.2, 0.25) is 5.91 Å². The number of anilines is 1. The second-order valence-corrected chi connectivity index (χ2v) is 17.5. The summed E-state index contributed by atoms with van der Waals surface area (Å²) in [6, 6.07) is 6.00. The first kappa shape index (κ1) is 32.9. The predicted octanol–water partition coefficient (Wildman–Crippen LogP) is 8.45. The first-order valence-electron chi connectivity index (χ1n) is 17.3. The average Bonchev–Trinajstić information content (AvgIpc) is 2.96. The number of benzene rings is 1. The Bertz CT molecular complexity index is 1520. The Morgan fingerprint density at radius 3 is 2.20 bits per heavy atom. The number of ether oxygens (including phenoxy) is 1. The summed E-state index contributed by atoms with van der Waals surface area (Å²) in [7, 11) is 0. The van der Waals surface area contributed by atoms with Crippen molar-refractivity contribution in [2.24, 2.45) is 50.2 Å². The standard InChI is InChI=1S/C38H52N2O6/c1-23(41)46-30-14-15-36(6)29(33(30,2)3)13-16-38(8)31(36)28(42)21-26-27-22-35(5,18-17-34(27,4)19-20-37(26,38)7)32(43)39-24-9-11-25(12-10-24)40(44)45/h9-12,21,27,29-31H,13-20,22H2,1-8H3,(H,39,43)/t27-,29-,30-,31-,34-,35+,36+,37+,38-/m1/s1. The van der Waals surface area contributed by atoms with Gasteiger partial charge in [-0.1, -0.05) is 54.0 Å². The molecule has 0 aromatic heterocycles. The van der Waals surface area contributed by atoms with E-state index in [1.165, 1.54) is 24.6 Å². The maximum absolute atomic E-state index is 14.7. The third-order valence-corrected chi connectivity index (χ3v) is 14.7. The molecular weight excluding hydrogens is 580 g/mol. The first-order valence-corrected chi connectivity index (χ1v) is 17.3. The molecule has 0 saturated heterocycles. The monoisotopic (exact) mass is 632 g/mol. The molecule has 1 amide bonds. The van der Waals surface area contributed by atoms with Gasteiger partial charge in [-0.2, -0.15) is 0 Å². The van der Waals surface area contributed by atoms with E-state index in [-0.39, 0.29) is 74.3 Å². The van der Waals surface area contributed by atoms with Crippen LogP contribution in [0.5, 0.6) is 0 Å². The van der Waals surface area contributed by atoms with E-state index in [0.29, 0.717) is 12.1 Å². The van der Waals surface area contributed by atoms with Crippen molar-refractivity contribution in [3.63, 3.8) is 0 Å². The molecule has 1 aromatic carbocycles. The summed E-state index contributed by atoms with van der Waals surface area (Å²) in [6.45, 7) is 17.5. The molecular formula is C38H52N2O6. The Labute approximate surface area is 273 Å². The van der Waals surface area contributed by atoms with Gasteiger partial charge < -0.3 is 10.1 Å². The lowest BCUT2D eigenvalue weighted by Gasteiger charge is -2.70. The molecule has 6 rings (SSSR count). The fraction of sp³-hybridized carbons (Fsp3) is 0.711. The molecule has 0 heterocycles. The van der Waals surface area contributed by atoms with Crippen molar-refractivity contribution in [3.8, 4) is 0 Å². The highest BCUT2D eigenvalue weighted by molar-refractivity contribution is 5.97. The lowest BCUT2D eigenvalue weighted by Crippen LogP contribution is -2.66. The normalized spacial score (nSPS) is 42.7. The number of nitro groups is 1. The number of carbonyl (C=O) groups is 3. The summed E-state index contributed by atoms with van der Waals surface area (Å²) in [5, 5.41) is 14.2. The van der Waals surface area contributed by atoms with Crippen molar-refractivity contribution in [1.82, 2.24) is 0 Å². The highest BCUT2D eigenvalue weighted by Gasteiger charge is 2.70. The van der Waals surface area contributed by atoms with Crippen LogP contribution in [0.25, 0.3) is 0 Å². The fourth-order valence-corrected chi connectivity index (χ4v) is 11.7. The quantitative estimate of drug-likeness (QED) is 0.202. The molecule has 1 aromatic rings. The Balaban J connectivity index is 1.32. The number of esters is 1. The van der Waals surface area contributed by atoms with Gasteiger partial charge in [-0.15, -0.1) is 0 Å². The minimum absolute atomic E-state index is 0.0104. The highest BCUT2D eigenvalue weighted by Crippen LogP contribution is 2.75. The van der Waals surface area contributed by atoms with Crippen molar-refractivity contribution < 1.29 is 24.0 Å². The number of amides is 1. The van der Waals surface area contributed by atoms with Gasteiger partial charge in [-0.05, 0) is 109 Å². The van der Waals surface area contributed by atoms with E-state index in [4.69, 9.17) is 4.74 Å². The zero-order chi connectivity index (χ0) is 33.7. The second-order valence-electron chi connectivity index (χ2n) is 17.5. The number of fused-ring (bicyclic) bond motifs is 7. The van der Waals surface area contributed by atoms with Crippen LogP contribution in [-0.4, -0.2) is 28.7 Å². The number of nitrogens with zero attached hydrogens (tertiary/aromatic N) is 1. The maximum atomic E-state index is 14.7. The van der Waals surface area contributed by atoms with Crippen LogP contribution in [0.2, 0.25) is 0 Å². The summed E-state index contributed by atoms with van der Waals surface area (Å²) < 4.78 is 5.86. The molecule has 1 N–H and O–H groups in total. The van der Waals surface area contributed by atoms with E-state index < -0.39 is 10.3 Å². The lowest BCUT2D eigenvalue weighted by atomic mass is 9.33. The molecule has 250 valence electrons. The Morgan fingerprint density at radius 1 is 0.913 bits per heavy atom. The highest BCUT2D eigenvalue weighted by atomic mass is 16.6. The smallest absolute Gasteiger partial charge is 0.302 e. The van der Waals surface area contributed by atoms with Crippen LogP contribution in [0.1, 0.15) is 113 Å². The Hall–Kier alpha value is -3.03. The molecule has 9 atom stereocenters. The summed E-state index contributed by atoms with van der Waals surface area (Å²) in [5.41, 5.74) is 0.408. The van der Waals surface area contributed by atoms with Crippen molar-refractivity contribution in [2.75, 3.05) is 5.32 Å². The lowest BCUT2D eigenvalue weighted by molar-refractivity contribution is -0.384. The fourth-order valence-electron chi connectivity index (χ4n) is 11.7. The first-order chi connectivity index (χ1) is 21.3. The zero-order valence-corrected chi connectivity index (χ0v) is 29.0. The van der Waals surface area contributed by atoms with Gasteiger partial charge in [0.1, 0.15) is 6.10 Å². The van der Waals surface area contributed by atoms with Crippen LogP contribution in [-0.2, 0) is 19.1 Å². The number of non-ortho nitro benzene ring substituents is 1. The molecule has 5 aliphatic carbocycles. The van der Waals surface area contributed by atoms with Crippen molar-refractivity contribution in [3.05, 3.63) is 46.0 Å². The van der Waals surface area contributed by atoms with E-state index in [0.717, 1.165) is 51.4 Å². The molecule has 8 nitrogen and oxygen atoms in total. The van der Waals surface area contributed by atoms with E-state index in [9.17, 15) is 24.5 Å². The van der Waals surface area contributed by atoms with Gasteiger partial charge in [0.25, 0.3) is 5.69 Å². The molecule has 4 saturated carbocycles. The summed E-state index contributed by atoms with van der Waals surface area (Å²) in [4.78, 5) is 51.2. The number of carbonyl (C=O) groups excluding carboxylic acids is 3. The van der Waals surface area contributed by atoms with Crippen LogP contribution in [0.3, 0.4) is 0 Å². The van der Waals surface area contributed by atoms with Crippen molar-refractivity contribution >= 4 is 29.0 Å². The molecule has 8 heteroatoms. The van der Waals surface area contributed by atoms with Gasteiger partial charge in [0.05, 0.1) is 4.92 Å². The number of allylic oxidation sites excluding steroid dienone is 2. The molecule has 0 bridgehead atoms. The third kappa shape index (κ3) is 4.62. The second kappa shape index (κ2) is 10.5. The van der Waals surface area contributed by atoms with Gasteiger partial charge in [0.15, 0.2) is 5.78 Å². The van der Waals surface area contributed by atoms with Gasteiger partial charge in [0, 0.05) is 41.5 Å². The van der Waals surface area contributed by atoms with Gasteiger partial charge in [-0.25, -0.2) is 0 Å². The summed E-state index contributed by atoms with van der Waals surface area (Å²) in [5.74, 6) is 0.236. The number of nitrogens with one attached hydrogen (secondary N) is 1. The van der Waals surface area contributed by atoms with Crippen molar-refractivity contribution in [1.29, 1.82) is 0 Å². The number of hydrogen-bond acceptors (Lipinski definition) is 6. The molecule has 0 radical (unpaired) electrons. The number of hydrogen-bond donors (Lipinski definition) is 1. The molecule has 0 spiro atoms. The Morgan fingerprint density at radius 2 is 1.57 bits per heavy atom. The topological polar surface area (TPSA) is 116 Å². The van der Waals surface area contributed by atoms with E-state index >= 15 is 0 Å². The van der Waals surface area contributed by atoms with Crippen LogP contribution >= 0.6 is 0 Å². The van der Waals surface area contributed by atoms with E-state index in [1.54, 1.807) is 12.1 Å². The average molecular weight is 633 g/mol. The third-order valence-electron chi connectivity index (χ3n) is 14.7. The largest absolute Gasteiger partial charge is 0.462 e. The van der Waals surface area contributed by atoms with Gasteiger partial charge >= 0.3 is 5.97 Å². The predicted molar refractivity (Wildman–Crippen MR) is 177 cm³/mol. The van der Waals surface area contributed by atoms with Crippen LogP contribution in [0, 0.1) is 60.4 Å². The van der Waals surface area contributed by atoms with Crippen molar-refractivity contribution in [2.45, 2.75) is 119 Å². The summed E-state index contributed by atoms with van der Waals surface area (Å²) >= 11 is 0. The van der Waals surface area contributed by atoms with Gasteiger partial charge in [-0.3, -0.25) is 24.5 Å².